The molecule has 180 valence electrons. The van der Waals surface area contributed by atoms with Gasteiger partial charge >= 0.3 is 0 Å². The summed E-state index contributed by atoms with van der Waals surface area (Å²) >= 11 is 1.85. The highest BCUT2D eigenvalue weighted by Gasteiger charge is 2.23. The van der Waals surface area contributed by atoms with Gasteiger partial charge in [0.2, 0.25) is 0 Å². The monoisotopic (exact) mass is 504 g/mol. The minimum atomic E-state index is 1.05. The quantitative estimate of drug-likeness (QED) is 0.228. The number of rotatable bonds is 5. The molecule has 0 bridgehead atoms. The van der Waals surface area contributed by atoms with Crippen LogP contribution in [-0.4, -0.2) is 9.78 Å². The molecule has 2 heterocycles. The van der Waals surface area contributed by atoms with E-state index in [9.17, 15) is 0 Å². The lowest BCUT2D eigenvalue weighted by Gasteiger charge is -2.10. The first-order chi connectivity index (χ1) is 18.9. The molecular formula is C35H24N2S. The second-order valence-electron chi connectivity index (χ2n) is 9.24. The molecule has 0 N–H and O–H groups in total. The van der Waals surface area contributed by atoms with Crippen LogP contribution in [-0.2, 0) is 0 Å². The van der Waals surface area contributed by atoms with E-state index >= 15 is 0 Å². The van der Waals surface area contributed by atoms with Gasteiger partial charge in [-0.05, 0) is 28.8 Å². The third-order valence-electron chi connectivity index (χ3n) is 6.95. The fraction of sp³-hybridized carbons (Fsp3) is 0. The predicted octanol–water partition coefficient (Wildman–Crippen LogP) is 9.75. The third-order valence-corrected chi connectivity index (χ3v) is 8.21. The maximum atomic E-state index is 4.92. The van der Waals surface area contributed by atoms with Gasteiger partial charge in [0.05, 0.1) is 22.5 Å². The fourth-order valence-electron chi connectivity index (χ4n) is 5.18. The van der Waals surface area contributed by atoms with Crippen molar-refractivity contribution in [2.24, 2.45) is 0 Å². The van der Waals surface area contributed by atoms with Gasteiger partial charge in [-0.15, -0.1) is 11.3 Å². The van der Waals surface area contributed by atoms with Crippen LogP contribution in [0.3, 0.4) is 0 Å². The summed E-state index contributed by atoms with van der Waals surface area (Å²) in [7, 11) is 0. The molecule has 0 spiro atoms. The van der Waals surface area contributed by atoms with Crippen molar-refractivity contribution in [2.45, 2.75) is 0 Å². The van der Waals surface area contributed by atoms with E-state index in [1.165, 1.54) is 37.2 Å². The van der Waals surface area contributed by atoms with Gasteiger partial charge in [-0.2, -0.15) is 5.10 Å². The molecule has 38 heavy (non-hydrogen) atoms. The highest BCUT2D eigenvalue weighted by molar-refractivity contribution is 7.21. The molecule has 0 fully saturated rings. The van der Waals surface area contributed by atoms with Gasteiger partial charge < -0.3 is 0 Å². The average molecular weight is 505 g/mol. The number of benzene rings is 5. The minimum absolute atomic E-state index is 1.05. The van der Waals surface area contributed by atoms with Crippen LogP contribution in [0.15, 0.2) is 146 Å². The Kier molecular flexibility index (Phi) is 5.69. The summed E-state index contributed by atoms with van der Waals surface area (Å²) in [5.74, 6) is 0. The Morgan fingerprint density at radius 3 is 1.61 bits per heavy atom. The van der Waals surface area contributed by atoms with E-state index < -0.39 is 0 Å². The first-order valence-electron chi connectivity index (χ1n) is 12.7. The van der Waals surface area contributed by atoms with Crippen LogP contribution in [0.25, 0.3) is 59.7 Å². The van der Waals surface area contributed by atoms with Gasteiger partial charge in [0.15, 0.2) is 0 Å². The molecule has 2 aromatic heterocycles. The largest absolute Gasteiger partial charge is 0.232 e. The molecule has 0 amide bonds. The average Bonchev–Trinajstić information content (AvgIpc) is 3.61. The van der Waals surface area contributed by atoms with Crippen molar-refractivity contribution >= 4 is 22.1 Å². The maximum Gasteiger partial charge on any atom is 0.0925 e. The summed E-state index contributed by atoms with van der Waals surface area (Å²) in [4.78, 5) is 2.49. The summed E-state index contributed by atoms with van der Waals surface area (Å²) in [5.41, 5.74) is 8.17. The van der Waals surface area contributed by atoms with Gasteiger partial charge in [-0.1, -0.05) is 127 Å². The maximum absolute atomic E-state index is 4.92. The van der Waals surface area contributed by atoms with Gasteiger partial charge in [0.25, 0.3) is 0 Å². The lowest BCUT2D eigenvalue weighted by molar-refractivity contribution is 0.890. The Morgan fingerprint density at radius 2 is 0.947 bits per heavy atom. The normalized spacial score (nSPS) is 11.2. The van der Waals surface area contributed by atoms with Gasteiger partial charge in [0.1, 0.15) is 0 Å². The van der Waals surface area contributed by atoms with Crippen molar-refractivity contribution < 1.29 is 0 Å². The fourth-order valence-corrected chi connectivity index (χ4v) is 6.54. The van der Waals surface area contributed by atoms with E-state index in [2.05, 4.69) is 138 Å². The smallest absolute Gasteiger partial charge is 0.0925 e. The van der Waals surface area contributed by atoms with Gasteiger partial charge in [-0.25, -0.2) is 4.68 Å². The second-order valence-corrected chi connectivity index (χ2v) is 10.3. The van der Waals surface area contributed by atoms with Crippen LogP contribution in [0.4, 0.5) is 0 Å². The molecule has 0 saturated carbocycles. The van der Waals surface area contributed by atoms with E-state index in [0.29, 0.717) is 0 Å². The summed E-state index contributed by atoms with van der Waals surface area (Å²) in [6.45, 7) is 0. The summed E-state index contributed by atoms with van der Waals surface area (Å²) < 4.78 is 2.09. The van der Waals surface area contributed by atoms with E-state index in [1.807, 2.05) is 23.6 Å². The Balaban J connectivity index is 1.53. The number of hydrogen-bond donors (Lipinski definition) is 0. The van der Waals surface area contributed by atoms with Crippen molar-refractivity contribution in [1.82, 2.24) is 9.78 Å². The zero-order valence-corrected chi connectivity index (χ0v) is 21.5. The Morgan fingerprint density at radius 1 is 0.447 bits per heavy atom. The van der Waals surface area contributed by atoms with Crippen LogP contribution in [0.1, 0.15) is 0 Å². The van der Waals surface area contributed by atoms with Crippen LogP contribution in [0.5, 0.6) is 0 Å². The SMILES string of the molecule is c1ccc(-c2ccccc2-c2sc(-c3c(-c4ccccc4)cnn3-c3ccccc3)c3ccccc23)cc1. The van der Waals surface area contributed by atoms with E-state index in [1.54, 1.807) is 0 Å². The standard InChI is InChI=1S/C35H24N2S/c1-4-14-25(15-5-1)28-20-10-11-21-29(28)34-30-22-12-13-23-31(30)35(38-34)33-32(26-16-6-2-7-17-26)24-36-37(33)27-18-8-3-9-19-27/h1-24H. The predicted molar refractivity (Wildman–Crippen MR) is 161 cm³/mol. The van der Waals surface area contributed by atoms with Crippen LogP contribution >= 0.6 is 11.3 Å². The van der Waals surface area contributed by atoms with E-state index in [-0.39, 0.29) is 0 Å². The molecular weight excluding hydrogens is 480 g/mol. The molecule has 2 nitrogen and oxygen atoms in total. The molecule has 0 aliphatic rings. The molecule has 0 aliphatic heterocycles. The Labute approximate surface area is 226 Å². The van der Waals surface area contributed by atoms with E-state index in [4.69, 9.17) is 5.10 Å². The van der Waals surface area contributed by atoms with Crippen molar-refractivity contribution in [3.05, 3.63) is 146 Å². The zero-order valence-electron chi connectivity index (χ0n) is 20.7. The first kappa shape index (κ1) is 22.5. The topological polar surface area (TPSA) is 17.8 Å². The molecule has 0 saturated heterocycles. The highest BCUT2D eigenvalue weighted by Crippen LogP contribution is 2.48. The zero-order chi connectivity index (χ0) is 25.3. The summed E-state index contributed by atoms with van der Waals surface area (Å²) in [6, 6.07) is 49.1. The van der Waals surface area contributed by atoms with Gasteiger partial charge in [-0.3, -0.25) is 0 Å². The Bertz CT molecular complexity index is 1790. The van der Waals surface area contributed by atoms with Crippen molar-refractivity contribution in [1.29, 1.82) is 0 Å². The summed E-state index contributed by atoms with van der Waals surface area (Å²) in [6.07, 6.45) is 2.00. The molecule has 0 unspecified atom stereocenters. The summed E-state index contributed by atoms with van der Waals surface area (Å²) in [5, 5.41) is 7.42. The van der Waals surface area contributed by atoms with Crippen molar-refractivity contribution in [3.8, 4) is 49.0 Å². The molecule has 7 rings (SSSR count). The van der Waals surface area contributed by atoms with Crippen molar-refractivity contribution in [3.63, 3.8) is 0 Å². The second kappa shape index (κ2) is 9.62. The minimum Gasteiger partial charge on any atom is -0.232 e. The highest BCUT2D eigenvalue weighted by atomic mass is 32.1. The molecule has 0 aliphatic carbocycles. The molecule has 7 aromatic rings. The lowest BCUT2D eigenvalue weighted by Crippen LogP contribution is -1.98. The molecule has 0 atom stereocenters. The number of nitrogens with zero attached hydrogens (tertiary/aromatic N) is 2. The Hall–Kier alpha value is -4.73. The van der Waals surface area contributed by atoms with Gasteiger partial charge in [0, 0.05) is 26.8 Å². The van der Waals surface area contributed by atoms with E-state index in [0.717, 1.165) is 22.5 Å². The number of thiophene rings is 1. The van der Waals surface area contributed by atoms with Crippen LogP contribution in [0.2, 0.25) is 0 Å². The van der Waals surface area contributed by atoms with Crippen molar-refractivity contribution in [2.75, 3.05) is 0 Å². The lowest BCUT2D eigenvalue weighted by atomic mass is 9.96. The number of aromatic nitrogens is 2. The first-order valence-corrected chi connectivity index (χ1v) is 13.6. The number of para-hydroxylation sites is 1. The third kappa shape index (κ3) is 3.85. The molecule has 5 aromatic carbocycles. The number of fused-ring (bicyclic) bond motifs is 1. The van der Waals surface area contributed by atoms with Crippen LogP contribution in [0, 0.1) is 0 Å². The number of hydrogen-bond acceptors (Lipinski definition) is 2. The molecule has 3 heteroatoms. The van der Waals surface area contributed by atoms with Crippen LogP contribution < -0.4 is 0 Å². The molecule has 0 radical (unpaired) electrons.